The Balaban J connectivity index is 2.29. The first-order chi connectivity index (χ1) is 11.9. The van der Waals surface area contributed by atoms with Crippen LogP contribution in [0.4, 0.5) is 13.2 Å². The molecule has 0 radical (unpaired) electrons. The van der Waals surface area contributed by atoms with Crippen LogP contribution in [-0.4, -0.2) is 17.6 Å². The van der Waals surface area contributed by atoms with Crippen molar-refractivity contribution in [3.8, 4) is 11.1 Å². The summed E-state index contributed by atoms with van der Waals surface area (Å²) in [5.41, 5.74) is 0.827. The van der Waals surface area contributed by atoms with Gasteiger partial charge in [0.2, 0.25) is 0 Å². The van der Waals surface area contributed by atoms with Gasteiger partial charge < -0.3 is 4.74 Å². The zero-order chi connectivity index (χ0) is 18.0. The van der Waals surface area contributed by atoms with Gasteiger partial charge in [0.15, 0.2) is 0 Å². The van der Waals surface area contributed by atoms with Gasteiger partial charge in [-0.2, -0.15) is 13.2 Å². The molecule has 3 rings (SSSR count). The second-order valence-corrected chi connectivity index (χ2v) is 5.36. The lowest BCUT2D eigenvalue weighted by atomic mass is 9.95. The predicted octanol–water partition coefficient (Wildman–Crippen LogP) is 5.10. The highest BCUT2D eigenvalue weighted by Crippen LogP contribution is 2.35. The van der Waals surface area contributed by atoms with E-state index in [1.165, 1.54) is 12.3 Å². The van der Waals surface area contributed by atoms with Crippen LogP contribution < -0.4 is 0 Å². The average molecular weight is 345 g/mol. The van der Waals surface area contributed by atoms with Gasteiger partial charge in [0.1, 0.15) is 0 Å². The number of aromatic nitrogens is 1. The molecule has 3 aromatic rings. The van der Waals surface area contributed by atoms with E-state index in [-0.39, 0.29) is 17.7 Å². The standard InChI is InChI=1S/C19H14F3NO2/c1-2-25-18(24)15-11-23-16-10-13(19(20,21)22)8-9-14(16)17(15)12-6-4-3-5-7-12/h3-11H,2H2,1H3. The smallest absolute Gasteiger partial charge is 0.416 e. The number of ether oxygens (including phenoxy) is 1. The first kappa shape index (κ1) is 17.0. The number of pyridine rings is 1. The van der Waals surface area contributed by atoms with Crippen LogP contribution in [0.2, 0.25) is 0 Å². The molecule has 0 fully saturated rings. The van der Waals surface area contributed by atoms with Crippen molar-refractivity contribution in [2.24, 2.45) is 0 Å². The molecule has 3 nitrogen and oxygen atoms in total. The molecule has 0 N–H and O–H groups in total. The maximum Gasteiger partial charge on any atom is 0.416 e. The lowest BCUT2D eigenvalue weighted by Gasteiger charge is -2.14. The molecular weight excluding hydrogens is 331 g/mol. The fraction of sp³-hybridized carbons (Fsp3) is 0.158. The molecule has 2 aromatic carbocycles. The summed E-state index contributed by atoms with van der Waals surface area (Å²) in [7, 11) is 0. The summed E-state index contributed by atoms with van der Waals surface area (Å²) < 4.78 is 43.9. The minimum atomic E-state index is -4.46. The van der Waals surface area contributed by atoms with Crippen molar-refractivity contribution < 1.29 is 22.7 Å². The zero-order valence-corrected chi connectivity index (χ0v) is 13.3. The number of carbonyl (C=O) groups is 1. The molecule has 0 spiro atoms. The number of nitrogens with zero attached hydrogens (tertiary/aromatic N) is 1. The first-order valence-electron chi connectivity index (χ1n) is 7.64. The molecule has 0 saturated heterocycles. The topological polar surface area (TPSA) is 39.2 Å². The van der Waals surface area contributed by atoms with E-state index in [0.29, 0.717) is 16.5 Å². The third-order valence-electron chi connectivity index (χ3n) is 3.75. The van der Waals surface area contributed by atoms with Crippen LogP contribution in [0.5, 0.6) is 0 Å². The number of hydrogen-bond acceptors (Lipinski definition) is 3. The van der Waals surface area contributed by atoms with Gasteiger partial charge in [0.05, 0.1) is 23.3 Å². The minimum Gasteiger partial charge on any atom is -0.462 e. The van der Waals surface area contributed by atoms with E-state index in [4.69, 9.17) is 4.74 Å². The molecule has 1 heterocycles. The highest BCUT2D eigenvalue weighted by Gasteiger charge is 2.31. The second kappa shape index (κ2) is 6.55. The van der Waals surface area contributed by atoms with Crippen molar-refractivity contribution in [3.05, 3.63) is 65.9 Å². The van der Waals surface area contributed by atoms with Crippen LogP contribution in [0.3, 0.4) is 0 Å². The van der Waals surface area contributed by atoms with Crippen LogP contribution in [0.1, 0.15) is 22.8 Å². The van der Waals surface area contributed by atoms with Crippen molar-refractivity contribution in [1.29, 1.82) is 0 Å². The number of carbonyl (C=O) groups excluding carboxylic acids is 1. The quantitative estimate of drug-likeness (QED) is 0.620. The Morgan fingerprint density at radius 1 is 1.12 bits per heavy atom. The van der Waals surface area contributed by atoms with Gasteiger partial charge in [0.25, 0.3) is 0 Å². The predicted molar refractivity (Wildman–Crippen MR) is 88.1 cm³/mol. The molecule has 0 atom stereocenters. The number of alkyl halides is 3. The van der Waals surface area contributed by atoms with E-state index in [9.17, 15) is 18.0 Å². The number of benzene rings is 2. The molecule has 6 heteroatoms. The van der Waals surface area contributed by atoms with Gasteiger partial charge in [-0.05, 0) is 24.6 Å². The Kier molecular flexibility index (Phi) is 4.44. The number of rotatable bonds is 3. The van der Waals surface area contributed by atoms with E-state index < -0.39 is 17.7 Å². The second-order valence-electron chi connectivity index (χ2n) is 5.36. The minimum absolute atomic E-state index is 0.168. The van der Waals surface area contributed by atoms with Gasteiger partial charge in [-0.15, -0.1) is 0 Å². The van der Waals surface area contributed by atoms with Crippen LogP contribution in [0.15, 0.2) is 54.7 Å². The zero-order valence-electron chi connectivity index (χ0n) is 13.3. The van der Waals surface area contributed by atoms with Crippen LogP contribution >= 0.6 is 0 Å². The Hall–Kier alpha value is -2.89. The molecule has 128 valence electrons. The number of hydrogen-bond donors (Lipinski definition) is 0. The van der Waals surface area contributed by atoms with Gasteiger partial charge in [0, 0.05) is 17.1 Å². The number of esters is 1. The molecule has 0 aliphatic carbocycles. The normalized spacial score (nSPS) is 11.5. The average Bonchev–Trinajstić information content (AvgIpc) is 2.60. The monoisotopic (exact) mass is 345 g/mol. The summed E-state index contributed by atoms with van der Waals surface area (Å²) in [6.45, 7) is 1.88. The summed E-state index contributed by atoms with van der Waals surface area (Å²) in [5, 5.41) is 0.463. The van der Waals surface area contributed by atoms with Crippen molar-refractivity contribution >= 4 is 16.9 Å². The van der Waals surface area contributed by atoms with E-state index in [1.807, 2.05) is 6.07 Å². The molecule has 1 aromatic heterocycles. The lowest BCUT2D eigenvalue weighted by molar-refractivity contribution is -0.137. The first-order valence-corrected chi connectivity index (χ1v) is 7.64. The van der Waals surface area contributed by atoms with E-state index in [2.05, 4.69) is 4.98 Å². The molecule has 0 amide bonds. The molecule has 0 unspecified atom stereocenters. The number of fused-ring (bicyclic) bond motifs is 1. The SMILES string of the molecule is CCOC(=O)c1cnc2cc(C(F)(F)F)ccc2c1-c1ccccc1. The van der Waals surface area contributed by atoms with Crippen LogP contribution in [-0.2, 0) is 10.9 Å². The fourth-order valence-electron chi connectivity index (χ4n) is 2.65. The summed E-state index contributed by atoms with van der Waals surface area (Å²) in [6.07, 6.45) is -3.19. The summed E-state index contributed by atoms with van der Waals surface area (Å²) >= 11 is 0. The van der Waals surface area contributed by atoms with Crippen molar-refractivity contribution in [1.82, 2.24) is 4.98 Å². The molecule has 25 heavy (non-hydrogen) atoms. The van der Waals surface area contributed by atoms with Crippen molar-refractivity contribution in [3.63, 3.8) is 0 Å². The Morgan fingerprint density at radius 3 is 2.48 bits per heavy atom. The molecule has 0 bridgehead atoms. The Bertz CT molecular complexity index is 921. The molecule has 0 aliphatic heterocycles. The third-order valence-corrected chi connectivity index (χ3v) is 3.75. The lowest BCUT2D eigenvalue weighted by Crippen LogP contribution is -2.09. The van der Waals surface area contributed by atoms with Gasteiger partial charge in [-0.25, -0.2) is 4.79 Å². The van der Waals surface area contributed by atoms with Crippen LogP contribution in [0, 0.1) is 0 Å². The summed E-state index contributed by atoms with van der Waals surface area (Å²) in [5.74, 6) is -0.560. The van der Waals surface area contributed by atoms with Gasteiger partial charge >= 0.3 is 12.1 Å². The molecule has 0 saturated carbocycles. The largest absolute Gasteiger partial charge is 0.462 e. The van der Waals surface area contributed by atoms with Crippen molar-refractivity contribution in [2.75, 3.05) is 6.61 Å². The number of halogens is 3. The van der Waals surface area contributed by atoms with E-state index in [0.717, 1.165) is 12.1 Å². The maximum absolute atomic E-state index is 12.9. The summed E-state index contributed by atoms with van der Waals surface area (Å²) in [4.78, 5) is 16.3. The van der Waals surface area contributed by atoms with Crippen molar-refractivity contribution in [2.45, 2.75) is 13.1 Å². The maximum atomic E-state index is 12.9. The van der Waals surface area contributed by atoms with Crippen LogP contribution in [0.25, 0.3) is 22.0 Å². The Labute approximate surface area is 142 Å². The third kappa shape index (κ3) is 3.33. The molecule has 0 aliphatic rings. The fourth-order valence-corrected chi connectivity index (χ4v) is 2.65. The Morgan fingerprint density at radius 2 is 1.84 bits per heavy atom. The van der Waals surface area contributed by atoms with E-state index in [1.54, 1.807) is 31.2 Å². The van der Waals surface area contributed by atoms with E-state index >= 15 is 0 Å². The van der Waals surface area contributed by atoms with Gasteiger partial charge in [-0.3, -0.25) is 4.98 Å². The van der Waals surface area contributed by atoms with Gasteiger partial charge in [-0.1, -0.05) is 36.4 Å². The summed E-state index contributed by atoms with van der Waals surface area (Å²) in [6, 6.07) is 12.3. The molecular formula is C19H14F3NO2. The highest BCUT2D eigenvalue weighted by atomic mass is 19.4. The highest BCUT2D eigenvalue weighted by molar-refractivity contribution is 6.06.